The Morgan fingerprint density at radius 3 is 2.29 bits per heavy atom. The summed E-state index contributed by atoms with van der Waals surface area (Å²) in [7, 11) is -1.75. The summed E-state index contributed by atoms with van der Waals surface area (Å²) in [5, 5.41) is 9.56. The van der Waals surface area contributed by atoms with Crippen molar-refractivity contribution in [2.24, 2.45) is 0 Å². The molecule has 0 saturated heterocycles. The number of carbonyl (C=O) groups is 1. The molecule has 17 heavy (non-hydrogen) atoms. The number of cyclic esters (lactones) is 1. The molecule has 1 aromatic carbocycles. The molecule has 0 spiro atoms. The Bertz CT molecular complexity index is 524. The molecule has 0 amide bonds. The van der Waals surface area contributed by atoms with E-state index in [0.717, 1.165) is 0 Å². The Balaban J connectivity index is 2.38. The van der Waals surface area contributed by atoms with Gasteiger partial charge in [-0.05, 0) is 24.3 Å². The molecule has 0 aromatic heterocycles. The van der Waals surface area contributed by atoms with Crippen molar-refractivity contribution in [1.82, 2.24) is 0 Å². The molecule has 0 aliphatic carbocycles. The molecule has 0 radical (unpaired) electrons. The van der Waals surface area contributed by atoms with Crippen LogP contribution in [0, 0.1) is 0 Å². The van der Waals surface area contributed by atoms with E-state index in [9.17, 15) is 14.1 Å². The quantitative estimate of drug-likeness (QED) is 0.844. The van der Waals surface area contributed by atoms with Gasteiger partial charge in [0.15, 0.2) is 0 Å². The summed E-state index contributed by atoms with van der Waals surface area (Å²) >= 11 is 11.3. The van der Waals surface area contributed by atoms with Crippen LogP contribution >= 0.6 is 23.2 Å². The summed E-state index contributed by atoms with van der Waals surface area (Å²) in [6, 6.07) is 6.14. The van der Waals surface area contributed by atoms with Gasteiger partial charge in [-0.2, -0.15) is 0 Å². The topological polar surface area (TPSA) is 63.6 Å². The molecule has 2 rings (SSSR count). The fourth-order valence-corrected chi connectivity index (χ4v) is 2.86. The maximum absolute atomic E-state index is 12.1. The Labute approximate surface area is 109 Å². The number of rotatable bonds is 2. The van der Waals surface area contributed by atoms with Gasteiger partial charge < -0.3 is 9.84 Å². The molecular weight excluding hydrogens is 287 g/mol. The first kappa shape index (κ1) is 12.6. The fraction of sp³-hybridized carbons (Fsp3) is 0.100. The molecule has 1 aromatic rings. The van der Waals surface area contributed by atoms with E-state index in [1.165, 1.54) is 12.1 Å². The van der Waals surface area contributed by atoms with Crippen molar-refractivity contribution in [3.05, 3.63) is 39.2 Å². The largest absolute Gasteiger partial charge is 0.426 e. The lowest BCUT2D eigenvalue weighted by Crippen LogP contribution is -2.13. The van der Waals surface area contributed by atoms with Crippen LogP contribution in [0.5, 0.6) is 0 Å². The third kappa shape index (κ3) is 2.37. The summed E-state index contributed by atoms with van der Waals surface area (Å²) in [5.74, 6) is -0.878. The molecule has 1 N–H and O–H groups in total. The highest BCUT2D eigenvalue weighted by Crippen LogP contribution is 2.30. The van der Waals surface area contributed by atoms with Crippen LogP contribution in [0.4, 0.5) is 0 Å². The van der Waals surface area contributed by atoms with E-state index in [1.54, 1.807) is 12.1 Å². The second-order valence-electron chi connectivity index (χ2n) is 3.16. The Morgan fingerprint density at radius 2 is 1.82 bits per heavy atom. The van der Waals surface area contributed by atoms with E-state index < -0.39 is 23.1 Å². The molecule has 0 unspecified atom stereocenters. The van der Waals surface area contributed by atoms with Crippen molar-refractivity contribution in [2.75, 3.05) is 0 Å². The average Bonchev–Trinajstić information content (AvgIpc) is 2.53. The molecule has 4 nitrogen and oxygen atoms in total. The van der Waals surface area contributed by atoms with Crippen LogP contribution < -0.4 is 0 Å². The first-order chi connectivity index (χ1) is 8.00. The second kappa shape index (κ2) is 4.78. The van der Waals surface area contributed by atoms with Gasteiger partial charge in [-0.25, -0.2) is 9.00 Å². The SMILES string of the molecule is O=C1O[C@@H](O)C([S@@](=O)c2ccc(Cl)cc2)=C1Cl. The van der Waals surface area contributed by atoms with Gasteiger partial charge in [0.05, 0.1) is 10.8 Å². The molecule has 1 heterocycles. The number of benzene rings is 1. The van der Waals surface area contributed by atoms with Gasteiger partial charge in [-0.15, -0.1) is 0 Å². The molecule has 90 valence electrons. The minimum atomic E-state index is -1.75. The van der Waals surface area contributed by atoms with Gasteiger partial charge in [0.2, 0.25) is 6.29 Å². The summed E-state index contributed by atoms with van der Waals surface area (Å²) in [5.41, 5.74) is 0. The first-order valence-electron chi connectivity index (χ1n) is 4.47. The van der Waals surface area contributed by atoms with Crippen molar-refractivity contribution in [3.63, 3.8) is 0 Å². The minimum absolute atomic E-state index is 0.140. The van der Waals surface area contributed by atoms with E-state index in [2.05, 4.69) is 4.74 Å². The number of aliphatic hydroxyl groups is 1. The Morgan fingerprint density at radius 1 is 1.24 bits per heavy atom. The molecule has 0 fully saturated rings. The van der Waals surface area contributed by atoms with Gasteiger partial charge in [-0.3, -0.25) is 0 Å². The standard InChI is InChI=1S/C10H6Cl2O4S/c11-5-1-3-6(4-2-5)17(15)8-7(12)9(13)16-10(8)14/h1-4,10,14H/t10-,17+/m1/s1. The summed E-state index contributed by atoms with van der Waals surface area (Å²) < 4.78 is 16.5. The zero-order chi connectivity index (χ0) is 12.6. The van der Waals surface area contributed by atoms with Crippen molar-refractivity contribution in [2.45, 2.75) is 11.2 Å². The average molecular weight is 293 g/mol. The van der Waals surface area contributed by atoms with Crippen LogP contribution in [-0.2, 0) is 20.3 Å². The predicted molar refractivity (Wildman–Crippen MR) is 62.8 cm³/mol. The van der Waals surface area contributed by atoms with Crippen molar-refractivity contribution >= 4 is 40.0 Å². The van der Waals surface area contributed by atoms with E-state index >= 15 is 0 Å². The monoisotopic (exact) mass is 292 g/mol. The smallest absolute Gasteiger partial charge is 0.353 e. The molecule has 1 aliphatic rings. The number of halogens is 2. The van der Waals surface area contributed by atoms with E-state index in [-0.39, 0.29) is 9.94 Å². The van der Waals surface area contributed by atoms with Gasteiger partial charge >= 0.3 is 5.97 Å². The molecular formula is C10H6Cl2O4S. The minimum Gasteiger partial charge on any atom is -0.426 e. The number of ether oxygens (including phenoxy) is 1. The second-order valence-corrected chi connectivity index (χ2v) is 5.42. The van der Waals surface area contributed by atoms with E-state index in [0.29, 0.717) is 9.92 Å². The maximum Gasteiger partial charge on any atom is 0.353 e. The van der Waals surface area contributed by atoms with Crippen LogP contribution in [0.2, 0.25) is 5.02 Å². The molecule has 1 aliphatic heterocycles. The molecule has 0 bridgehead atoms. The van der Waals surface area contributed by atoms with Crippen LogP contribution in [0.25, 0.3) is 0 Å². The lowest BCUT2D eigenvalue weighted by molar-refractivity contribution is -0.150. The Kier molecular flexibility index (Phi) is 3.53. The maximum atomic E-state index is 12.1. The fourth-order valence-electron chi connectivity index (χ4n) is 1.27. The zero-order valence-electron chi connectivity index (χ0n) is 8.22. The normalized spacial score (nSPS) is 21.6. The lowest BCUT2D eigenvalue weighted by Gasteiger charge is -2.06. The molecule has 2 atom stereocenters. The summed E-state index contributed by atoms with van der Waals surface area (Å²) in [6.45, 7) is 0. The van der Waals surface area contributed by atoms with E-state index in [1.807, 2.05) is 0 Å². The van der Waals surface area contributed by atoms with Gasteiger partial charge in [-0.1, -0.05) is 23.2 Å². The third-order valence-corrected chi connectivity index (χ3v) is 4.29. The lowest BCUT2D eigenvalue weighted by atomic mass is 10.4. The van der Waals surface area contributed by atoms with E-state index in [4.69, 9.17) is 23.2 Å². The molecule has 7 heteroatoms. The zero-order valence-corrected chi connectivity index (χ0v) is 10.6. The number of aliphatic hydroxyl groups excluding tert-OH is 1. The number of carbonyl (C=O) groups excluding carboxylic acids is 1. The van der Waals surface area contributed by atoms with Crippen LogP contribution in [0.1, 0.15) is 0 Å². The highest BCUT2D eigenvalue weighted by molar-refractivity contribution is 7.89. The van der Waals surface area contributed by atoms with Crippen LogP contribution in [0.3, 0.4) is 0 Å². The van der Waals surface area contributed by atoms with Gasteiger partial charge in [0.25, 0.3) is 0 Å². The number of hydrogen-bond donors (Lipinski definition) is 1. The van der Waals surface area contributed by atoms with Crippen molar-refractivity contribution in [1.29, 1.82) is 0 Å². The van der Waals surface area contributed by atoms with Gasteiger partial charge in [0, 0.05) is 9.92 Å². The molecule has 0 saturated carbocycles. The van der Waals surface area contributed by atoms with Crippen molar-refractivity contribution in [3.8, 4) is 0 Å². The summed E-state index contributed by atoms with van der Waals surface area (Å²) in [6.07, 6.45) is -1.56. The summed E-state index contributed by atoms with van der Waals surface area (Å²) in [4.78, 5) is 11.3. The number of hydrogen-bond acceptors (Lipinski definition) is 4. The highest BCUT2D eigenvalue weighted by atomic mass is 35.5. The predicted octanol–water partition coefficient (Wildman–Crippen LogP) is 1.77. The Hall–Kier alpha value is -0.880. The van der Waals surface area contributed by atoms with Gasteiger partial charge in [0.1, 0.15) is 9.94 Å². The first-order valence-corrected chi connectivity index (χ1v) is 6.37. The third-order valence-electron chi connectivity index (χ3n) is 2.07. The van der Waals surface area contributed by atoms with Crippen LogP contribution in [0.15, 0.2) is 39.1 Å². The van der Waals surface area contributed by atoms with Crippen molar-refractivity contribution < 1.29 is 18.8 Å². The highest BCUT2D eigenvalue weighted by Gasteiger charge is 2.36. The number of esters is 1. The van der Waals surface area contributed by atoms with Crippen LogP contribution in [-0.4, -0.2) is 21.6 Å².